The summed E-state index contributed by atoms with van der Waals surface area (Å²) in [5.41, 5.74) is 4.68. The van der Waals surface area contributed by atoms with Crippen molar-refractivity contribution in [2.24, 2.45) is 5.92 Å². The topological polar surface area (TPSA) is 96.9 Å². The summed E-state index contributed by atoms with van der Waals surface area (Å²) in [6.07, 6.45) is 6.34. The van der Waals surface area contributed by atoms with Crippen molar-refractivity contribution in [2.45, 2.75) is 52.0 Å². The summed E-state index contributed by atoms with van der Waals surface area (Å²) < 4.78 is 39.6. The Morgan fingerprint density at radius 2 is 1.92 bits per heavy atom. The quantitative estimate of drug-likeness (QED) is 0.455. The maximum Gasteiger partial charge on any atom is 0.248 e. The second kappa shape index (κ2) is 10.4. The van der Waals surface area contributed by atoms with E-state index in [2.05, 4.69) is 17.3 Å². The summed E-state index contributed by atoms with van der Waals surface area (Å²) >= 11 is 0. The number of piperidine rings is 1. The Labute approximate surface area is 212 Å². The molecule has 0 saturated carbocycles. The predicted octanol–water partition coefficient (Wildman–Crippen LogP) is 4.73. The van der Waals surface area contributed by atoms with Gasteiger partial charge in [0.05, 0.1) is 18.7 Å². The Balaban J connectivity index is 1.55. The minimum atomic E-state index is -3.92. The van der Waals surface area contributed by atoms with Gasteiger partial charge in [-0.1, -0.05) is 28.9 Å². The van der Waals surface area contributed by atoms with Crippen molar-refractivity contribution in [3.8, 4) is 0 Å². The van der Waals surface area contributed by atoms with Gasteiger partial charge < -0.3 is 13.8 Å². The number of rotatable bonds is 7. The second-order valence-electron chi connectivity index (χ2n) is 9.58. The van der Waals surface area contributed by atoms with E-state index < -0.39 is 15.9 Å². The number of furan rings is 1. The van der Waals surface area contributed by atoms with Gasteiger partial charge in [0.25, 0.3) is 0 Å². The van der Waals surface area contributed by atoms with Gasteiger partial charge in [-0.05, 0) is 75.4 Å². The summed E-state index contributed by atoms with van der Waals surface area (Å²) in [5, 5.41) is 3.96. The van der Waals surface area contributed by atoms with Crippen molar-refractivity contribution in [1.29, 1.82) is 0 Å². The lowest BCUT2D eigenvalue weighted by Crippen LogP contribution is -2.45. The number of aromatic nitrogens is 1. The van der Waals surface area contributed by atoms with Crippen molar-refractivity contribution in [3.63, 3.8) is 0 Å². The average molecular weight is 512 g/mol. The molecule has 0 spiro atoms. The van der Waals surface area contributed by atoms with Crippen LogP contribution in [0.3, 0.4) is 0 Å². The van der Waals surface area contributed by atoms with E-state index in [0.717, 1.165) is 16.7 Å². The molecule has 8 nitrogen and oxygen atoms in total. The molecule has 1 atom stereocenters. The summed E-state index contributed by atoms with van der Waals surface area (Å²) in [6.45, 7) is 8.52. The molecule has 1 amide bonds. The number of sulfonamides is 1. The van der Waals surface area contributed by atoms with Crippen LogP contribution in [-0.2, 0) is 21.4 Å². The largest absolute Gasteiger partial charge is 0.467 e. The third-order valence-corrected chi connectivity index (χ3v) is 8.68. The molecule has 3 heterocycles. The number of aryl methyl sites for hydroxylation is 4. The predicted molar refractivity (Wildman–Crippen MR) is 137 cm³/mol. The highest BCUT2D eigenvalue weighted by Crippen LogP contribution is 2.30. The lowest BCUT2D eigenvalue weighted by Gasteiger charge is -2.33. The van der Waals surface area contributed by atoms with Gasteiger partial charge >= 0.3 is 0 Å². The van der Waals surface area contributed by atoms with Crippen LogP contribution in [0.4, 0.5) is 0 Å². The standard InChI is InChI=1S/C27H33N3O5S/c1-18-14-19(2)24(20(3)15-18)10-11-25-26(21(4)28-35-25)36(32,33)30-12-6-8-22(16-30)27(31)29(5)17-23-9-7-13-34-23/h7,9-11,13-15,22H,6,8,12,16-17H2,1-5H3/b11-10+/t22-/m0/s1. The zero-order valence-electron chi connectivity index (χ0n) is 21.4. The van der Waals surface area contributed by atoms with E-state index in [1.165, 1.54) is 9.87 Å². The van der Waals surface area contributed by atoms with Gasteiger partial charge in [0.2, 0.25) is 15.9 Å². The fraction of sp³-hybridized carbons (Fsp3) is 0.407. The first-order valence-electron chi connectivity index (χ1n) is 12.1. The molecule has 4 rings (SSSR count). The minimum Gasteiger partial charge on any atom is -0.467 e. The molecule has 1 fully saturated rings. The maximum absolute atomic E-state index is 13.7. The minimum absolute atomic E-state index is 0.0539. The van der Waals surface area contributed by atoms with Crippen LogP contribution in [-0.4, -0.2) is 48.8 Å². The molecule has 0 N–H and O–H groups in total. The highest BCUT2D eigenvalue weighted by atomic mass is 32.2. The third-order valence-electron chi connectivity index (χ3n) is 6.65. The first-order valence-corrected chi connectivity index (χ1v) is 13.5. The Morgan fingerprint density at radius 3 is 2.58 bits per heavy atom. The van der Waals surface area contributed by atoms with Crippen LogP contribution in [0.25, 0.3) is 12.2 Å². The molecule has 1 aliphatic heterocycles. The highest BCUT2D eigenvalue weighted by molar-refractivity contribution is 7.89. The smallest absolute Gasteiger partial charge is 0.248 e. The van der Waals surface area contributed by atoms with Crippen LogP contribution in [0, 0.1) is 33.6 Å². The molecule has 1 aromatic carbocycles. The van der Waals surface area contributed by atoms with Crippen LogP contribution in [0.5, 0.6) is 0 Å². The zero-order valence-corrected chi connectivity index (χ0v) is 22.3. The van der Waals surface area contributed by atoms with Gasteiger partial charge in [0.1, 0.15) is 11.5 Å². The number of benzene rings is 1. The highest BCUT2D eigenvalue weighted by Gasteiger charge is 2.37. The van der Waals surface area contributed by atoms with Crippen molar-refractivity contribution in [1.82, 2.24) is 14.4 Å². The molecule has 192 valence electrons. The van der Waals surface area contributed by atoms with Crippen LogP contribution in [0.2, 0.25) is 0 Å². The van der Waals surface area contributed by atoms with E-state index >= 15 is 0 Å². The molecule has 2 aromatic heterocycles. The van der Waals surface area contributed by atoms with E-state index in [1.807, 2.05) is 32.9 Å². The summed E-state index contributed by atoms with van der Waals surface area (Å²) in [5.74, 6) is 0.348. The second-order valence-corrected chi connectivity index (χ2v) is 11.5. The maximum atomic E-state index is 13.7. The van der Waals surface area contributed by atoms with Crippen molar-refractivity contribution >= 4 is 28.1 Å². The van der Waals surface area contributed by atoms with E-state index in [4.69, 9.17) is 8.94 Å². The summed E-state index contributed by atoms with van der Waals surface area (Å²) in [7, 11) is -2.21. The molecule has 0 radical (unpaired) electrons. The number of carbonyl (C=O) groups excluding carboxylic acids is 1. The lowest BCUT2D eigenvalue weighted by molar-refractivity contribution is -0.136. The Bertz CT molecular complexity index is 1350. The molecular formula is C27H33N3O5S. The van der Waals surface area contributed by atoms with Crippen LogP contribution < -0.4 is 0 Å². The number of nitrogens with zero attached hydrogens (tertiary/aromatic N) is 3. The summed E-state index contributed by atoms with van der Waals surface area (Å²) in [6, 6.07) is 7.76. The van der Waals surface area contributed by atoms with Crippen molar-refractivity contribution in [2.75, 3.05) is 20.1 Å². The van der Waals surface area contributed by atoms with Gasteiger partial charge in [-0.2, -0.15) is 4.31 Å². The van der Waals surface area contributed by atoms with Gasteiger partial charge in [-0.15, -0.1) is 0 Å². The molecule has 1 saturated heterocycles. The zero-order chi connectivity index (χ0) is 26.0. The van der Waals surface area contributed by atoms with Crippen molar-refractivity contribution in [3.05, 3.63) is 70.0 Å². The van der Waals surface area contributed by atoms with Crippen LogP contribution in [0.1, 0.15) is 52.3 Å². The van der Waals surface area contributed by atoms with Gasteiger partial charge in [0.15, 0.2) is 10.7 Å². The first-order chi connectivity index (χ1) is 17.1. The summed E-state index contributed by atoms with van der Waals surface area (Å²) in [4.78, 5) is 14.7. The molecule has 0 aliphatic carbocycles. The molecule has 0 unspecified atom stereocenters. The van der Waals surface area contributed by atoms with Gasteiger partial charge in [-0.3, -0.25) is 4.79 Å². The molecule has 0 bridgehead atoms. The Hall–Kier alpha value is -3.17. The van der Waals surface area contributed by atoms with E-state index in [9.17, 15) is 13.2 Å². The normalized spacial score (nSPS) is 17.1. The van der Waals surface area contributed by atoms with Crippen LogP contribution >= 0.6 is 0 Å². The molecule has 3 aromatic rings. The fourth-order valence-electron chi connectivity index (χ4n) is 4.93. The van der Waals surface area contributed by atoms with Gasteiger partial charge in [0, 0.05) is 20.1 Å². The number of hydrogen-bond acceptors (Lipinski definition) is 6. The third kappa shape index (κ3) is 5.32. The van der Waals surface area contributed by atoms with E-state index in [1.54, 1.807) is 37.3 Å². The SMILES string of the molecule is Cc1cc(C)c(/C=C/c2onc(C)c2S(=O)(=O)N2CCC[C@H](C(=O)N(C)Cc3ccco3)C2)c(C)c1. The van der Waals surface area contributed by atoms with E-state index in [-0.39, 0.29) is 23.1 Å². The average Bonchev–Trinajstić information content (AvgIpc) is 3.47. The molecular weight excluding hydrogens is 478 g/mol. The molecule has 1 aliphatic rings. The van der Waals surface area contributed by atoms with Crippen LogP contribution in [0.15, 0.2) is 44.4 Å². The number of carbonyl (C=O) groups is 1. The monoisotopic (exact) mass is 511 g/mol. The Kier molecular flexibility index (Phi) is 7.51. The first kappa shape index (κ1) is 25.9. The fourth-order valence-corrected chi connectivity index (χ4v) is 6.70. The Morgan fingerprint density at radius 1 is 1.19 bits per heavy atom. The molecule has 36 heavy (non-hydrogen) atoms. The number of hydrogen-bond donors (Lipinski definition) is 0. The van der Waals surface area contributed by atoms with E-state index in [0.29, 0.717) is 37.4 Å². The lowest BCUT2D eigenvalue weighted by atomic mass is 9.98. The number of amides is 1. The van der Waals surface area contributed by atoms with Crippen molar-refractivity contribution < 1.29 is 22.2 Å². The van der Waals surface area contributed by atoms with Gasteiger partial charge in [-0.25, -0.2) is 8.42 Å². The molecule has 9 heteroatoms.